The fourth-order valence-electron chi connectivity index (χ4n) is 9.54. The fraction of sp³-hybridized carbons (Fsp3) is 0.0508. The first-order chi connectivity index (χ1) is 31.7. The van der Waals surface area contributed by atoms with Gasteiger partial charge in [-0.2, -0.15) is 0 Å². The third kappa shape index (κ3) is 6.40. The van der Waals surface area contributed by atoms with Crippen LogP contribution in [0.25, 0.3) is 111 Å². The molecule has 64 heavy (non-hydrogen) atoms. The van der Waals surface area contributed by atoms with E-state index in [1.54, 1.807) is 0 Å². The molecular weight excluding hydrogens is 779 g/mol. The molecule has 0 bridgehead atoms. The summed E-state index contributed by atoms with van der Waals surface area (Å²) in [5.41, 5.74) is 14.2. The minimum atomic E-state index is 0.375. The number of aromatic nitrogens is 5. The molecule has 1 aliphatic carbocycles. The van der Waals surface area contributed by atoms with Gasteiger partial charge in [0.1, 0.15) is 0 Å². The van der Waals surface area contributed by atoms with Crippen LogP contribution in [-0.2, 0) is 0 Å². The average Bonchev–Trinajstić information content (AvgIpc) is 3.72. The molecule has 0 saturated heterocycles. The van der Waals surface area contributed by atoms with E-state index in [4.69, 9.17) is 19.9 Å². The minimum Gasteiger partial charge on any atom is -0.308 e. The predicted molar refractivity (Wildman–Crippen MR) is 265 cm³/mol. The Bertz CT molecular complexity index is 3620. The summed E-state index contributed by atoms with van der Waals surface area (Å²) in [5, 5.41) is 5.76. The van der Waals surface area contributed by atoms with Gasteiger partial charge in [-0.25, -0.2) is 19.9 Å². The summed E-state index contributed by atoms with van der Waals surface area (Å²) < 4.78 is 2.44. The number of hydrogen-bond donors (Lipinski definition) is 0. The van der Waals surface area contributed by atoms with Crippen molar-refractivity contribution < 1.29 is 0 Å². The Hall–Kier alpha value is -8.28. The Morgan fingerprint density at radius 3 is 1.69 bits per heavy atom. The molecule has 0 N–H and O–H groups in total. The van der Waals surface area contributed by atoms with Gasteiger partial charge < -0.3 is 4.57 Å². The van der Waals surface area contributed by atoms with Gasteiger partial charge in [0.2, 0.25) is 0 Å². The maximum atomic E-state index is 5.37. The van der Waals surface area contributed by atoms with Crippen molar-refractivity contribution in [2.45, 2.75) is 13.3 Å². The van der Waals surface area contributed by atoms with E-state index in [0.29, 0.717) is 23.4 Å². The van der Waals surface area contributed by atoms with Gasteiger partial charge in [-0.05, 0) is 81.3 Å². The summed E-state index contributed by atoms with van der Waals surface area (Å²) in [6.07, 6.45) is 7.70. The molecule has 0 saturated carbocycles. The van der Waals surface area contributed by atoms with Gasteiger partial charge in [0.15, 0.2) is 17.5 Å². The molecule has 0 amide bonds. The second kappa shape index (κ2) is 15.6. The summed E-state index contributed by atoms with van der Waals surface area (Å²) in [6, 6.07) is 68.4. The van der Waals surface area contributed by atoms with Gasteiger partial charge in [0.05, 0.1) is 22.2 Å². The molecule has 3 aromatic heterocycles. The Balaban J connectivity index is 0.978. The molecule has 0 aliphatic heterocycles. The van der Waals surface area contributed by atoms with E-state index in [9.17, 15) is 0 Å². The van der Waals surface area contributed by atoms with Crippen molar-refractivity contribution in [1.29, 1.82) is 0 Å². The van der Waals surface area contributed by atoms with Crippen molar-refractivity contribution in [3.8, 4) is 62.1 Å². The van der Waals surface area contributed by atoms with Crippen molar-refractivity contribution >= 4 is 49.1 Å². The summed E-state index contributed by atoms with van der Waals surface area (Å²) in [5.74, 6) is 2.28. The summed E-state index contributed by atoms with van der Waals surface area (Å²) in [4.78, 5) is 20.7. The Labute approximate surface area is 371 Å². The van der Waals surface area contributed by atoms with Gasteiger partial charge in [-0.3, -0.25) is 0 Å². The number of para-hydroxylation sites is 2. The zero-order chi connectivity index (χ0) is 42.6. The standard InChI is InChI=1S/C59H41N5/c1-38-16-8-9-21-45(38)55-54-51-25-13-15-27-53(51)64(56(54)50-24-12-14-26-52(50)60-55)44-34-32-41(33-35-44)46-36-37-49(48-23-11-10-22-47(46)48)59-62-57(42-19-6-3-7-20-42)61-58(63-59)43-30-28-40(29-31-43)39-17-4-2-5-18-39/h2-15,17-38H,16H2,1H3. The molecule has 12 rings (SSSR count). The third-order valence-corrected chi connectivity index (χ3v) is 12.7. The quantitative estimate of drug-likeness (QED) is 0.161. The lowest BCUT2D eigenvalue weighted by atomic mass is 9.88. The molecule has 0 spiro atoms. The number of fused-ring (bicyclic) bond motifs is 6. The highest BCUT2D eigenvalue weighted by molar-refractivity contribution is 6.21. The van der Waals surface area contributed by atoms with Crippen molar-refractivity contribution in [2.24, 2.45) is 5.92 Å². The van der Waals surface area contributed by atoms with Crippen LogP contribution < -0.4 is 0 Å². The maximum Gasteiger partial charge on any atom is 0.164 e. The first-order valence-corrected chi connectivity index (χ1v) is 22.0. The van der Waals surface area contributed by atoms with E-state index in [0.717, 1.165) is 78.4 Å². The molecule has 1 unspecified atom stereocenters. The van der Waals surface area contributed by atoms with Crippen LogP contribution in [0.15, 0.2) is 212 Å². The smallest absolute Gasteiger partial charge is 0.164 e. The van der Waals surface area contributed by atoms with Gasteiger partial charge in [0, 0.05) is 38.5 Å². The first-order valence-electron chi connectivity index (χ1n) is 22.0. The normalized spacial score (nSPS) is 13.8. The molecule has 3 heterocycles. The van der Waals surface area contributed by atoms with Gasteiger partial charge in [-0.15, -0.1) is 0 Å². The highest BCUT2D eigenvalue weighted by Crippen LogP contribution is 2.43. The molecule has 5 heteroatoms. The maximum absolute atomic E-state index is 5.37. The van der Waals surface area contributed by atoms with E-state index in [2.05, 4.69) is 200 Å². The molecule has 0 fully saturated rings. The molecular formula is C59H41N5. The number of allylic oxidation sites excluding steroid dienone is 4. The van der Waals surface area contributed by atoms with Crippen molar-refractivity contribution in [2.75, 3.05) is 0 Å². The van der Waals surface area contributed by atoms with Crippen LogP contribution in [-0.4, -0.2) is 24.5 Å². The van der Waals surface area contributed by atoms with Crippen LogP contribution >= 0.6 is 0 Å². The van der Waals surface area contributed by atoms with Crippen molar-refractivity contribution in [3.05, 3.63) is 218 Å². The van der Waals surface area contributed by atoms with E-state index >= 15 is 0 Å². The number of rotatable bonds is 7. The highest BCUT2D eigenvalue weighted by Gasteiger charge is 2.24. The summed E-state index contributed by atoms with van der Waals surface area (Å²) in [6.45, 7) is 2.31. The largest absolute Gasteiger partial charge is 0.308 e. The van der Waals surface area contributed by atoms with Gasteiger partial charge in [0.25, 0.3) is 0 Å². The predicted octanol–water partition coefficient (Wildman–Crippen LogP) is 15.0. The fourth-order valence-corrected chi connectivity index (χ4v) is 9.54. The lowest BCUT2D eigenvalue weighted by Crippen LogP contribution is -2.04. The summed E-state index contributed by atoms with van der Waals surface area (Å²) >= 11 is 0. The zero-order valence-electron chi connectivity index (χ0n) is 35.2. The second-order valence-electron chi connectivity index (χ2n) is 16.6. The first kappa shape index (κ1) is 37.5. The van der Waals surface area contributed by atoms with Crippen LogP contribution in [0.5, 0.6) is 0 Å². The van der Waals surface area contributed by atoms with Crippen LogP contribution in [0.4, 0.5) is 0 Å². The van der Waals surface area contributed by atoms with E-state index < -0.39 is 0 Å². The molecule has 1 atom stereocenters. The monoisotopic (exact) mass is 819 g/mol. The van der Waals surface area contributed by atoms with Crippen LogP contribution in [0, 0.1) is 5.92 Å². The van der Waals surface area contributed by atoms with Crippen LogP contribution in [0.1, 0.15) is 19.0 Å². The van der Waals surface area contributed by atoms with Crippen molar-refractivity contribution in [3.63, 3.8) is 0 Å². The Morgan fingerprint density at radius 2 is 0.969 bits per heavy atom. The van der Waals surface area contributed by atoms with Crippen LogP contribution in [0.3, 0.4) is 0 Å². The average molecular weight is 820 g/mol. The SMILES string of the molecule is CC1CC=CC=C1c1nc2ccccc2c2c1c1ccccc1n2-c1ccc(-c2ccc(-c3nc(-c4ccccc4)nc(-c4ccc(-c5ccccc5)cc4)n3)c3ccccc23)cc1. The van der Waals surface area contributed by atoms with E-state index in [-0.39, 0.29) is 0 Å². The highest BCUT2D eigenvalue weighted by atomic mass is 15.0. The van der Waals surface area contributed by atoms with Crippen molar-refractivity contribution in [1.82, 2.24) is 24.5 Å². The number of hydrogen-bond acceptors (Lipinski definition) is 4. The molecule has 0 radical (unpaired) electrons. The molecule has 11 aromatic rings. The van der Waals surface area contributed by atoms with Gasteiger partial charge in [-0.1, -0.05) is 189 Å². The number of benzene rings is 8. The van der Waals surface area contributed by atoms with E-state index in [1.165, 1.54) is 27.4 Å². The number of pyridine rings is 1. The van der Waals surface area contributed by atoms with Crippen LogP contribution in [0.2, 0.25) is 0 Å². The second-order valence-corrected chi connectivity index (χ2v) is 16.6. The molecule has 5 nitrogen and oxygen atoms in total. The zero-order valence-corrected chi connectivity index (χ0v) is 35.2. The topological polar surface area (TPSA) is 56.5 Å². The number of nitrogens with zero attached hydrogens (tertiary/aromatic N) is 5. The lowest BCUT2D eigenvalue weighted by Gasteiger charge is -2.19. The van der Waals surface area contributed by atoms with E-state index in [1.807, 2.05) is 24.3 Å². The minimum absolute atomic E-state index is 0.375. The summed E-state index contributed by atoms with van der Waals surface area (Å²) in [7, 11) is 0. The molecule has 1 aliphatic rings. The molecule has 302 valence electrons. The Morgan fingerprint density at radius 1 is 0.438 bits per heavy atom. The Kier molecular flexibility index (Phi) is 9.12. The van der Waals surface area contributed by atoms with Gasteiger partial charge >= 0.3 is 0 Å². The lowest BCUT2D eigenvalue weighted by molar-refractivity contribution is 0.756. The third-order valence-electron chi connectivity index (χ3n) is 12.7. The molecule has 8 aromatic carbocycles.